The quantitative estimate of drug-likeness (QED) is 0.871. The number of piperidine rings is 1. The fourth-order valence-corrected chi connectivity index (χ4v) is 3.45. The van der Waals surface area contributed by atoms with Gasteiger partial charge in [-0.05, 0) is 31.4 Å². The molecule has 2 aliphatic heterocycles. The van der Waals surface area contributed by atoms with Gasteiger partial charge in [0.15, 0.2) is 0 Å². The Kier molecular flexibility index (Phi) is 4.07. The van der Waals surface area contributed by atoms with E-state index in [0.29, 0.717) is 18.5 Å². The van der Waals surface area contributed by atoms with E-state index in [2.05, 4.69) is 5.32 Å². The van der Waals surface area contributed by atoms with E-state index >= 15 is 0 Å². The lowest BCUT2D eigenvalue weighted by atomic mass is 9.86. The first-order valence-electron chi connectivity index (χ1n) is 7.89. The number of anilines is 1. The van der Waals surface area contributed by atoms with Crippen molar-refractivity contribution in [3.63, 3.8) is 0 Å². The van der Waals surface area contributed by atoms with Gasteiger partial charge in [0, 0.05) is 24.7 Å². The first-order chi connectivity index (χ1) is 11.0. The van der Waals surface area contributed by atoms with Crippen LogP contribution in [0.2, 0.25) is 0 Å². The van der Waals surface area contributed by atoms with E-state index in [1.807, 2.05) is 25.1 Å². The molecule has 0 radical (unpaired) electrons. The third-order valence-electron chi connectivity index (χ3n) is 4.81. The van der Waals surface area contributed by atoms with Crippen LogP contribution in [0.1, 0.15) is 37.7 Å². The number of carboxylic acid groups (broad SMARTS) is 1. The van der Waals surface area contributed by atoms with Crippen molar-refractivity contribution in [2.24, 2.45) is 5.92 Å². The summed E-state index contributed by atoms with van der Waals surface area (Å²) in [5.74, 6) is -2.25. The van der Waals surface area contributed by atoms with Gasteiger partial charge in [0.05, 0.1) is 11.8 Å². The topological polar surface area (TPSA) is 86.7 Å². The monoisotopic (exact) mass is 316 g/mol. The van der Waals surface area contributed by atoms with Gasteiger partial charge >= 0.3 is 5.97 Å². The predicted octanol–water partition coefficient (Wildman–Crippen LogP) is 1.82. The Morgan fingerprint density at radius 3 is 2.74 bits per heavy atom. The van der Waals surface area contributed by atoms with Crippen LogP contribution < -0.4 is 5.32 Å². The number of nitrogens with one attached hydrogen (secondary N) is 1. The number of benzene rings is 1. The van der Waals surface area contributed by atoms with Crippen LogP contribution in [-0.2, 0) is 14.4 Å². The van der Waals surface area contributed by atoms with E-state index in [-0.39, 0.29) is 30.8 Å². The molecule has 0 aliphatic carbocycles. The third kappa shape index (κ3) is 2.93. The molecule has 6 heteroatoms. The minimum atomic E-state index is -0.864. The molecule has 2 amide bonds. The maximum absolute atomic E-state index is 13.0. The Hall–Kier alpha value is -2.37. The second kappa shape index (κ2) is 6.02. The van der Waals surface area contributed by atoms with Crippen LogP contribution in [0.4, 0.5) is 5.69 Å². The average Bonchev–Trinajstić information content (AvgIpc) is 2.53. The van der Waals surface area contributed by atoms with Crippen molar-refractivity contribution in [2.75, 3.05) is 11.9 Å². The van der Waals surface area contributed by atoms with Gasteiger partial charge in [0.2, 0.25) is 11.8 Å². The summed E-state index contributed by atoms with van der Waals surface area (Å²) in [6, 6.07) is 7.29. The average molecular weight is 316 g/mol. The van der Waals surface area contributed by atoms with E-state index in [1.54, 1.807) is 11.0 Å². The summed E-state index contributed by atoms with van der Waals surface area (Å²) >= 11 is 0. The molecule has 1 aromatic rings. The molecule has 0 saturated carbocycles. The molecule has 23 heavy (non-hydrogen) atoms. The number of likely N-dealkylation sites (tertiary alicyclic amines) is 1. The largest absolute Gasteiger partial charge is 0.481 e. The fourth-order valence-electron chi connectivity index (χ4n) is 3.45. The zero-order valence-electron chi connectivity index (χ0n) is 13.0. The first kappa shape index (κ1) is 15.5. The SMILES string of the molecule is CC1CCC(C(=O)O)CN1C(=O)C1CC(=O)Nc2ccccc21. The van der Waals surface area contributed by atoms with Gasteiger partial charge in [-0.1, -0.05) is 18.2 Å². The molecular weight excluding hydrogens is 296 g/mol. The number of aliphatic carboxylic acids is 1. The minimum absolute atomic E-state index is 0.00440. The Balaban J connectivity index is 1.87. The van der Waals surface area contributed by atoms with Crippen molar-refractivity contribution in [1.82, 2.24) is 4.90 Å². The maximum Gasteiger partial charge on any atom is 0.308 e. The molecule has 122 valence electrons. The van der Waals surface area contributed by atoms with Crippen LogP contribution in [0.3, 0.4) is 0 Å². The number of fused-ring (bicyclic) bond motifs is 1. The van der Waals surface area contributed by atoms with Gasteiger partial charge in [0.25, 0.3) is 0 Å². The molecular formula is C17H20N2O4. The highest BCUT2D eigenvalue weighted by atomic mass is 16.4. The molecule has 3 unspecified atom stereocenters. The van der Waals surface area contributed by atoms with E-state index < -0.39 is 17.8 Å². The number of rotatable bonds is 2. The number of nitrogens with zero attached hydrogens (tertiary/aromatic N) is 1. The molecule has 0 aromatic heterocycles. The highest BCUT2D eigenvalue weighted by Gasteiger charge is 2.38. The normalized spacial score (nSPS) is 27.1. The molecule has 0 bridgehead atoms. The van der Waals surface area contributed by atoms with Gasteiger partial charge < -0.3 is 15.3 Å². The van der Waals surface area contributed by atoms with Crippen LogP contribution in [-0.4, -0.2) is 40.4 Å². The fraction of sp³-hybridized carbons (Fsp3) is 0.471. The van der Waals surface area contributed by atoms with Crippen LogP contribution >= 0.6 is 0 Å². The van der Waals surface area contributed by atoms with Gasteiger partial charge in [-0.25, -0.2) is 0 Å². The molecule has 2 aliphatic rings. The Labute approximate surface area is 134 Å². The summed E-state index contributed by atoms with van der Waals surface area (Å²) < 4.78 is 0. The van der Waals surface area contributed by atoms with Gasteiger partial charge in [0.1, 0.15) is 0 Å². The summed E-state index contributed by atoms with van der Waals surface area (Å²) in [7, 11) is 0. The van der Waals surface area contributed by atoms with Crippen molar-refractivity contribution in [3.8, 4) is 0 Å². The van der Waals surface area contributed by atoms with Crippen LogP contribution in [0.5, 0.6) is 0 Å². The number of amides is 2. The van der Waals surface area contributed by atoms with Gasteiger partial charge in [-0.15, -0.1) is 0 Å². The number of carbonyl (C=O) groups excluding carboxylic acids is 2. The Bertz CT molecular complexity index is 658. The smallest absolute Gasteiger partial charge is 0.308 e. The molecule has 3 rings (SSSR count). The highest BCUT2D eigenvalue weighted by Crippen LogP contribution is 2.35. The van der Waals surface area contributed by atoms with Crippen LogP contribution in [0.15, 0.2) is 24.3 Å². The summed E-state index contributed by atoms with van der Waals surface area (Å²) in [5.41, 5.74) is 1.48. The molecule has 6 nitrogen and oxygen atoms in total. The molecule has 1 saturated heterocycles. The number of carboxylic acids is 1. The second-order valence-corrected chi connectivity index (χ2v) is 6.34. The zero-order chi connectivity index (χ0) is 16.6. The van der Waals surface area contributed by atoms with Crippen LogP contribution in [0.25, 0.3) is 0 Å². The lowest BCUT2D eigenvalue weighted by Crippen LogP contribution is -2.49. The van der Waals surface area contributed by atoms with Crippen molar-refractivity contribution >= 4 is 23.5 Å². The first-order valence-corrected chi connectivity index (χ1v) is 7.89. The van der Waals surface area contributed by atoms with Crippen molar-refractivity contribution < 1.29 is 19.5 Å². The highest BCUT2D eigenvalue weighted by molar-refractivity contribution is 6.01. The van der Waals surface area contributed by atoms with Crippen molar-refractivity contribution in [1.29, 1.82) is 0 Å². The summed E-state index contributed by atoms with van der Waals surface area (Å²) in [4.78, 5) is 37.8. The second-order valence-electron chi connectivity index (χ2n) is 6.34. The van der Waals surface area contributed by atoms with Crippen molar-refractivity contribution in [2.45, 2.75) is 38.1 Å². The number of hydrogen-bond acceptors (Lipinski definition) is 3. The van der Waals surface area contributed by atoms with Gasteiger partial charge in [-0.3, -0.25) is 14.4 Å². The van der Waals surface area contributed by atoms with E-state index in [4.69, 9.17) is 0 Å². The summed E-state index contributed by atoms with van der Waals surface area (Å²) in [6.45, 7) is 2.15. The van der Waals surface area contributed by atoms with E-state index in [0.717, 1.165) is 5.56 Å². The Morgan fingerprint density at radius 1 is 1.26 bits per heavy atom. The number of hydrogen-bond donors (Lipinski definition) is 2. The number of carbonyl (C=O) groups is 3. The molecule has 2 heterocycles. The molecule has 2 N–H and O–H groups in total. The lowest BCUT2D eigenvalue weighted by Gasteiger charge is -2.39. The Morgan fingerprint density at radius 2 is 2.00 bits per heavy atom. The summed E-state index contributed by atoms with van der Waals surface area (Å²) in [6.07, 6.45) is 1.36. The third-order valence-corrected chi connectivity index (χ3v) is 4.81. The summed E-state index contributed by atoms with van der Waals surface area (Å²) in [5, 5.41) is 12.0. The molecule has 0 spiro atoms. The number of para-hydroxylation sites is 1. The van der Waals surface area contributed by atoms with E-state index in [9.17, 15) is 19.5 Å². The lowest BCUT2D eigenvalue weighted by molar-refractivity contribution is -0.148. The maximum atomic E-state index is 13.0. The van der Waals surface area contributed by atoms with Gasteiger partial charge in [-0.2, -0.15) is 0 Å². The van der Waals surface area contributed by atoms with Crippen molar-refractivity contribution in [3.05, 3.63) is 29.8 Å². The molecule has 1 aromatic carbocycles. The molecule has 3 atom stereocenters. The zero-order valence-corrected chi connectivity index (χ0v) is 13.0. The standard InChI is InChI=1S/C17H20N2O4/c1-10-6-7-11(17(22)23)9-19(10)16(21)13-8-15(20)18-14-5-3-2-4-12(13)14/h2-5,10-11,13H,6-9H2,1H3,(H,18,20)(H,22,23). The predicted molar refractivity (Wildman–Crippen MR) is 84.0 cm³/mol. The van der Waals surface area contributed by atoms with Crippen LogP contribution in [0, 0.1) is 5.92 Å². The van der Waals surface area contributed by atoms with E-state index in [1.165, 1.54) is 0 Å². The molecule has 1 fully saturated rings. The minimum Gasteiger partial charge on any atom is -0.481 e.